The number of aryl methyl sites for hydroxylation is 1. The number of nitrogens with zero attached hydrogens (tertiary/aromatic N) is 2. The van der Waals surface area contributed by atoms with Crippen LogP contribution in [0.1, 0.15) is 29.7 Å². The van der Waals surface area contributed by atoms with Crippen LogP contribution in [0.25, 0.3) is 6.08 Å². The van der Waals surface area contributed by atoms with Crippen molar-refractivity contribution in [3.8, 4) is 6.07 Å². The standard InChI is InChI=1S/C20H21N3O3S2/c1-15-8-11-27-19(15)12-16(14-21)20(24)22-17-6-5-7-18(13-17)28(25,26)23-9-3-2-4-10-23/h5-8,11-13H,2-4,9-10H2,1H3,(H,22,24). The number of hydrogen-bond acceptors (Lipinski definition) is 5. The normalized spacial score (nSPS) is 15.8. The molecule has 1 N–H and O–H groups in total. The van der Waals surface area contributed by atoms with Crippen LogP contribution in [0.2, 0.25) is 0 Å². The predicted octanol–water partition coefficient (Wildman–Crippen LogP) is 3.78. The minimum absolute atomic E-state index is 0.0326. The molecule has 0 atom stereocenters. The van der Waals surface area contributed by atoms with Crippen LogP contribution in [0.3, 0.4) is 0 Å². The second-order valence-electron chi connectivity index (χ2n) is 6.58. The predicted molar refractivity (Wildman–Crippen MR) is 110 cm³/mol. The van der Waals surface area contributed by atoms with Gasteiger partial charge >= 0.3 is 0 Å². The SMILES string of the molecule is Cc1ccsc1C=C(C#N)C(=O)Nc1cccc(S(=O)(=O)N2CCCCC2)c1. The quantitative estimate of drug-likeness (QED) is 0.594. The van der Waals surface area contributed by atoms with E-state index in [1.165, 1.54) is 27.8 Å². The van der Waals surface area contributed by atoms with E-state index < -0.39 is 15.9 Å². The summed E-state index contributed by atoms with van der Waals surface area (Å²) < 4.78 is 27.1. The number of carbonyl (C=O) groups excluding carboxylic acids is 1. The highest BCUT2D eigenvalue weighted by atomic mass is 32.2. The number of anilines is 1. The van der Waals surface area contributed by atoms with Crippen LogP contribution < -0.4 is 5.32 Å². The fraction of sp³-hybridized carbons (Fsp3) is 0.300. The maximum absolute atomic E-state index is 12.8. The van der Waals surface area contributed by atoms with Gasteiger partial charge < -0.3 is 5.32 Å². The molecule has 3 rings (SSSR count). The van der Waals surface area contributed by atoms with Gasteiger partial charge in [0, 0.05) is 23.7 Å². The number of piperidine rings is 1. The van der Waals surface area contributed by atoms with E-state index in [4.69, 9.17) is 0 Å². The molecule has 0 radical (unpaired) electrons. The number of nitrogens with one attached hydrogen (secondary N) is 1. The molecule has 0 bridgehead atoms. The zero-order chi connectivity index (χ0) is 20.1. The largest absolute Gasteiger partial charge is 0.321 e. The van der Waals surface area contributed by atoms with E-state index in [2.05, 4.69) is 5.32 Å². The molecule has 1 saturated heterocycles. The first-order valence-electron chi connectivity index (χ1n) is 8.99. The number of thiophene rings is 1. The zero-order valence-electron chi connectivity index (χ0n) is 15.5. The first kappa shape index (κ1) is 20.3. The second-order valence-corrected chi connectivity index (χ2v) is 9.47. The van der Waals surface area contributed by atoms with Crippen LogP contribution in [0.4, 0.5) is 5.69 Å². The van der Waals surface area contributed by atoms with Gasteiger partial charge in [-0.1, -0.05) is 12.5 Å². The Kier molecular flexibility index (Phi) is 6.29. The Morgan fingerprint density at radius 1 is 1.25 bits per heavy atom. The van der Waals surface area contributed by atoms with Crippen molar-refractivity contribution >= 4 is 39.0 Å². The molecular weight excluding hydrogens is 394 g/mol. The molecule has 2 aromatic rings. The van der Waals surface area contributed by atoms with E-state index >= 15 is 0 Å². The summed E-state index contributed by atoms with van der Waals surface area (Å²) in [5.41, 5.74) is 1.29. The molecule has 1 aliphatic heterocycles. The highest BCUT2D eigenvalue weighted by molar-refractivity contribution is 7.89. The minimum Gasteiger partial charge on any atom is -0.321 e. The zero-order valence-corrected chi connectivity index (χ0v) is 17.1. The molecule has 1 aliphatic rings. The summed E-state index contributed by atoms with van der Waals surface area (Å²) in [6.45, 7) is 2.94. The average molecular weight is 416 g/mol. The van der Waals surface area contributed by atoms with Gasteiger partial charge in [-0.25, -0.2) is 8.42 Å². The first-order chi connectivity index (χ1) is 13.4. The lowest BCUT2D eigenvalue weighted by Gasteiger charge is -2.26. The number of carbonyl (C=O) groups is 1. The Morgan fingerprint density at radius 2 is 2.00 bits per heavy atom. The summed E-state index contributed by atoms with van der Waals surface area (Å²) in [4.78, 5) is 13.5. The minimum atomic E-state index is -3.59. The third-order valence-corrected chi connectivity index (χ3v) is 7.45. The van der Waals surface area contributed by atoms with Gasteiger partial charge in [-0.15, -0.1) is 11.3 Å². The molecule has 0 aliphatic carbocycles. The maximum Gasteiger partial charge on any atom is 0.266 e. The average Bonchev–Trinajstić information content (AvgIpc) is 3.11. The summed E-state index contributed by atoms with van der Waals surface area (Å²) in [5.74, 6) is -0.567. The van der Waals surface area contributed by atoms with Gasteiger partial charge in [0.05, 0.1) is 4.90 Å². The molecule has 6 nitrogen and oxygen atoms in total. The highest BCUT2D eigenvalue weighted by Gasteiger charge is 2.26. The fourth-order valence-electron chi connectivity index (χ4n) is 3.00. The third kappa shape index (κ3) is 4.50. The molecule has 1 aromatic carbocycles. The van der Waals surface area contributed by atoms with Crippen molar-refractivity contribution in [1.82, 2.24) is 4.31 Å². The van der Waals surface area contributed by atoms with Crippen molar-refractivity contribution in [2.75, 3.05) is 18.4 Å². The van der Waals surface area contributed by atoms with Gasteiger partial charge in [0.25, 0.3) is 5.91 Å². The molecule has 28 heavy (non-hydrogen) atoms. The Labute approximate surface area is 169 Å². The Morgan fingerprint density at radius 3 is 2.64 bits per heavy atom. The number of rotatable bonds is 5. The van der Waals surface area contributed by atoms with Crippen molar-refractivity contribution in [3.05, 3.63) is 51.7 Å². The van der Waals surface area contributed by atoms with Gasteiger partial charge in [0.15, 0.2) is 0 Å². The Balaban J connectivity index is 1.80. The van der Waals surface area contributed by atoms with Crippen molar-refractivity contribution < 1.29 is 13.2 Å². The lowest BCUT2D eigenvalue weighted by Crippen LogP contribution is -2.35. The number of hydrogen-bond donors (Lipinski definition) is 1. The third-order valence-electron chi connectivity index (χ3n) is 4.59. The van der Waals surface area contributed by atoms with Crippen LogP contribution in [0.15, 0.2) is 46.2 Å². The van der Waals surface area contributed by atoms with Gasteiger partial charge in [-0.2, -0.15) is 9.57 Å². The molecule has 8 heteroatoms. The number of sulfonamides is 1. The lowest BCUT2D eigenvalue weighted by atomic mass is 10.2. The van der Waals surface area contributed by atoms with Gasteiger partial charge in [-0.3, -0.25) is 4.79 Å². The monoisotopic (exact) mass is 415 g/mol. The van der Waals surface area contributed by atoms with Gasteiger partial charge in [-0.05, 0) is 61.1 Å². The highest BCUT2D eigenvalue weighted by Crippen LogP contribution is 2.24. The number of amides is 1. The van der Waals surface area contributed by atoms with E-state index in [0.29, 0.717) is 18.8 Å². The van der Waals surface area contributed by atoms with E-state index in [0.717, 1.165) is 29.7 Å². The second kappa shape index (κ2) is 8.69. The molecule has 1 aromatic heterocycles. The van der Waals surface area contributed by atoms with E-state index in [-0.39, 0.29) is 10.5 Å². The number of nitriles is 1. The topological polar surface area (TPSA) is 90.3 Å². The summed E-state index contributed by atoms with van der Waals surface area (Å²) in [5, 5.41) is 13.9. The molecule has 0 unspecified atom stereocenters. The van der Waals surface area contributed by atoms with Crippen LogP contribution in [0.5, 0.6) is 0 Å². The van der Waals surface area contributed by atoms with Crippen molar-refractivity contribution in [2.45, 2.75) is 31.1 Å². The van der Waals surface area contributed by atoms with E-state index in [1.54, 1.807) is 18.2 Å². The molecule has 0 saturated carbocycles. The van der Waals surface area contributed by atoms with Crippen LogP contribution in [-0.4, -0.2) is 31.7 Å². The Hall–Kier alpha value is -2.47. The van der Waals surface area contributed by atoms with Crippen molar-refractivity contribution in [2.24, 2.45) is 0 Å². The maximum atomic E-state index is 12.8. The summed E-state index contributed by atoms with van der Waals surface area (Å²) in [7, 11) is -3.59. The van der Waals surface area contributed by atoms with Crippen LogP contribution in [-0.2, 0) is 14.8 Å². The van der Waals surface area contributed by atoms with E-state index in [1.807, 2.05) is 24.4 Å². The molecule has 2 heterocycles. The first-order valence-corrected chi connectivity index (χ1v) is 11.3. The Bertz CT molecular complexity index is 1040. The van der Waals surface area contributed by atoms with Crippen molar-refractivity contribution in [3.63, 3.8) is 0 Å². The smallest absolute Gasteiger partial charge is 0.266 e. The fourth-order valence-corrected chi connectivity index (χ4v) is 5.42. The summed E-state index contributed by atoms with van der Waals surface area (Å²) >= 11 is 1.45. The summed E-state index contributed by atoms with van der Waals surface area (Å²) in [6, 6.07) is 9.99. The van der Waals surface area contributed by atoms with Gasteiger partial charge in [0.2, 0.25) is 10.0 Å². The van der Waals surface area contributed by atoms with E-state index in [9.17, 15) is 18.5 Å². The van der Waals surface area contributed by atoms with Crippen molar-refractivity contribution in [1.29, 1.82) is 5.26 Å². The molecule has 146 valence electrons. The number of benzene rings is 1. The lowest BCUT2D eigenvalue weighted by molar-refractivity contribution is -0.112. The van der Waals surface area contributed by atoms with Gasteiger partial charge in [0.1, 0.15) is 11.6 Å². The molecular formula is C20H21N3O3S2. The van der Waals surface area contributed by atoms with Crippen LogP contribution >= 0.6 is 11.3 Å². The van der Waals surface area contributed by atoms with Crippen LogP contribution in [0, 0.1) is 18.3 Å². The molecule has 1 fully saturated rings. The molecule has 1 amide bonds. The summed E-state index contributed by atoms with van der Waals surface area (Å²) in [6.07, 6.45) is 4.29. The molecule has 0 spiro atoms.